The number of rotatable bonds is 5. The van der Waals surface area contributed by atoms with Crippen LogP contribution in [0, 0.1) is 6.92 Å². The number of aromatic nitrogens is 3. The van der Waals surface area contributed by atoms with Gasteiger partial charge in [-0.25, -0.2) is 15.0 Å². The fourth-order valence-corrected chi connectivity index (χ4v) is 4.12. The van der Waals surface area contributed by atoms with Gasteiger partial charge in [-0.15, -0.1) is 0 Å². The summed E-state index contributed by atoms with van der Waals surface area (Å²) in [5, 5.41) is 6.50. The van der Waals surface area contributed by atoms with Crippen molar-refractivity contribution in [3.8, 4) is 11.3 Å². The fourth-order valence-electron chi connectivity index (χ4n) is 4.12. The minimum atomic E-state index is -0.120. The maximum absolute atomic E-state index is 13.0. The Labute approximate surface area is 186 Å². The second-order valence-corrected chi connectivity index (χ2v) is 7.90. The molecule has 1 aliphatic carbocycles. The minimum absolute atomic E-state index is 0.120. The quantitative estimate of drug-likeness (QED) is 0.455. The van der Waals surface area contributed by atoms with Gasteiger partial charge in [-0.05, 0) is 79.3 Å². The summed E-state index contributed by atoms with van der Waals surface area (Å²) in [7, 11) is 0. The predicted molar refractivity (Wildman–Crippen MR) is 126 cm³/mol. The number of carbonyl (C=O) groups excluding carboxylic acids is 1. The summed E-state index contributed by atoms with van der Waals surface area (Å²) in [6.45, 7) is 2.00. The van der Waals surface area contributed by atoms with Crippen molar-refractivity contribution >= 4 is 23.1 Å². The Hall–Kier alpha value is -4.06. The van der Waals surface area contributed by atoms with E-state index in [1.54, 1.807) is 12.4 Å². The first-order valence-electron chi connectivity index (χ1n) is 10.7. The number of carbonyl (C=O) groups is 1. The molecule has 5 rings (SSSR count). The zero-order chi connectivity index (χ0) is 21.9. The number of pyridine rings is 1. The van der Waals surface area contributed by atoms with Gasteiger partial charge in [-0.3, -0.25) is 4.79 Å². The zero-order valence-electron chi connectivity index (χ0n) is 17.8. The van der Waals surface area contributed by atoms with Crippen molar-refractivity contribution in [1.82, 2.24) is 15.0 Å². The van der Waals surface area contributed by atoms with Gasteiger partial charge in [0.05, 0.1) is 5.69 Å². The summed E-state index contributed by atoms with van der Waals surface area (Å²) in [6, 6.07) is 17.5. The average Bonchev–Trinajstić information content (AvgIpc) is 3.31. The highest BCUT2D eigenvalue weighted by Crippen LogP contribution is 2.31. The van der Waals surface area contributed by atoms with Crippen molar-refractivity contribution in [1.29, 1.82) is 0 Å². The molecule has 0 spiro atoms. The minimum Gasteiger partial charge on any atom is -0.339 e. The number of hydrogen-bond donors (Lipinski definition) is 2. The number of nitrogens with one attached hydrogen (secondary N) is 2. The Morgan fingerprint density at radius 2 is 1.88 bits per heavy atom. The van der Waals surface area contributed by atoms with Crippen LogP contribution in [0.25, 0.3) is 11.3 Å². The Morgan fingerprint density at radius 3 is 2.75 bits per heavy atom. The van der Waals surface area contributed by atoms with E-state index in [2.05, 4.69) is 31.7 Å². The van der Waals surface area contributed by atoms with Gasteiger partial charge >= 0.3 is 0 Å². The molecule has 0 radical (unpaired) electrons. The molecule has 6 nitrogen and oxygen atoms in total. The van der Waals surface area contributed by atoms with Crippen LogP contribution in [0.3, 0.4) is 0 Å². The largest absolute Gasteiger partial charge is 0.339 e. The Morgan fingerprint density at radius 1 is 0.938 bits per heavy atom. The summed E-state index contributed by atoms with van der Waals surface area (Å²) >= 11 is 0. The molecule has 158 valence electrons. The SMILES string of the molecule is Cc1ccc(C(=O)Nc2cccc3c2CCC3)cc1Nc1ncccc1-c1ccncn1. The van der Waals surface area contributed by atoms with E-state index in [0.29, 0.717) is 11.4 Å². The van der Waals surface area contributed by atoms with Crippen molar-refractivity contribution in [2.75, 3.05) is 10.6 Å². The highest BCUT2D eigenvalue weighted by Gasteiger charge is 2.17. The predicted octanol–water partition coefficient (Wildman–Crippen LogP) is 5.33. The van der Waals surface area contributed by atoms with E-state index in [0.717, 1.165) is 47.5 Å². The van der Waals surface area contributed by atoms with Crippen LogP contribution >= 0.6 is 0 Å². The second kappa shape index (κ2) is 8.59. The zero-order valence-corrected chi connectivity index (χ0v) is 17.8. The lowest BCUT2D eigenvalue weighted by molar-refractivity contribution is 0.102. The summed E-state index contributed by atoms with van der Waals surface area (Å²) in [5.41, 5.74) is 7.58. The van der Waals surface area contributed by atoms with E-state index < -0.39 is 0 Å². The van der Waals surface area contributed by atoms with Crippen LogP contribution in [0.5, 0.6) is 0 Å². The number of amides is 1. The molecule has 2 aromatic heterocycles. The standard InChI is InChI=1S/C26H23N5O/c1-17-10-11-19(26(32)31-23-9-3-6-18-5-2-7-20(18)23)15-24(17)30-25-21(8-4-13-28-25)22-12-14-27-16-29-22/h3-4,6,8-16H,2,5,7H2,1H3,(H,28,30)(H,31,32). The summed E-state index contributed by atoms with van der Waals surface area (Å²) in [6.07, 6.45) is 8.18. The lowest BCUT2D eigenvalue weighted by Crippen LogP contribution is -2.14. The smallest absolute Gasteiger partial charge is 0.255 e. The van der Waals surface area contributed by atoms with E-state index in [4.69, 9.17) is 0 Å². The van der Waals surface area contributed by atoms with Crippen LogP contribution in [-0.4, -0.2) is 20.9 Å². The normalized spacial score (nSPS) is 12.3. The molecule has 0 fully saturated rings. The van der Waals surface area contributed by atoms with Crippen molar-refractivity contribution < 1.29 is 4.79 Å². The monoisotopic (exact) mass is 421 g/mol. The van der Waals surface area contributed by atoms with E-state index >= 15 is 0 Å². The van der Waals surface area contributed by atoms with E-state index in [-0.39, 0.29) is 5.91 Å². The van der Waals surface area contributed by atoms with Crippen molar-refractivity contribution in [3.05, 3.63) is 95.6 Å². The first kappa shape index (κ1) is 19.9. The number of anilines is 3. The van der Waals surface area contributed by atoms with Gasteiger partial charge in [0.25, 0.3) is 5.91 Å². The van der Waals surface area contributed by atoms with Gasteiger partial charge in [0.15, 0.2) is 0 Å². The average molecular weight is 422 g/mol. The first-order valence-corrected chi connectivity index (χ1v) is 10.7. The number of benzene rings is 2. The van der Waals surface area contributed by atoms with Crippen LogP contribution in [0.4, 0.5) is 17.2 Å². The molecule has 2 aromatic carbocycles. The summed E-state index contributed by atoms with van der Waals surface area (Å²) in [5.74, 6) is 0.554. The van der Waals surface area contributed by atoms with Crippen LogP contribution in [0.15, 0.2) is 73.3 Å². The third kappa shape index (κ3) is 3.95. The first-order chi connectivity index (χ1) is 15.7. The van der Waals surface area contributed by atoms with Gasteiger partial charge in [0.1, 0.15) is 12.1 Å². The summed E-state index contributed by atoms with van der Waals surface area (Å²) < 4.78 is 0. The van der Waals surface area contributed by atoms with E-state index in [9.17, 15) is 4.79 Å². The molecule has 4 aromatic rings. The number of nitrogens with zero attached hydrogens (tertiary/aromatic N) is 3. The maximum Gasteiger partial charge on any atom is 0.255 e. The molecule has 0 saturated heterocycles. The molecule has 1 aliphatic rings. The number of aryl methyl sites for hydroxylation is 2. The van der Waals surface area contributed by atoms with Crippen LogP contribution in [0.1, 0.15) is 33.5 Å². The van der Waals surface area contributed by atoms with Crippen LogP contribution in [0.2, 0.25) is 0 Å². The van der Waals surface area contributed by atoms with Crippen molar-refractivity contribution in [2.45, 2.75) is 26.2 Å². The van der Waals surface area contributed by atoms with Gasteiger partial charge in [-0.2, -0.15) is 0 Å². The Balaban J connectivity index is 1.42. The fraction of sp³-hybridized carbons (Fsp3) is 0.154. The molecule has 2 N–H and O–H groups in total. The molecule has 1 amide bonds. The third-order valence-electron chi connectivity index (χ3n) is 5.81. The molecular weight excluding hydrogens is 398 g/mol. The Bertz CT molecular complexity index is 1290. The molecule has 2 heterocycles. The van der Waals surface area contributed by atoms with Gasteiger partial charge in [-0.1, -0.05) is 18.2 Å². The maximum atomic E-state index is 13.0. The molecule has 0 atom stereocenters. The molecule has 0 aliphatic heterocycles. The van der Waals surface area contributed by atoms with Crippen molar-refractivity contribution in [2.24, 2.45) is 0 Å². The van der Waals surface area contributed by atoms with E-state index in [1.165, 1.54) is 17.5 Å². The van der Waals surface area contributed by atoms with Gasteiger partial charge < -0.3 is 10.6 Å². The summed E-state index contributed by atoms with van der Waals surface area (Å²) in [4.78, 5) is 25.9. The van der Waals surface area contributed by atoms with Crippen LogP contribution < -0.4 is 10.6 Å². The van der Waals surface area contributed by atoms with E-state index in [1.807, 2.05) is 55.5 Å². The lowest BCUT2D eigenvalue weighted by atomic mass is 10.1. The van der Waals surface area contributed by atoms with Gasteiger partial charge in [0.2, 0.25) is 0 Å². The third-order valence-corrected chi connectivity index (χ3v) is 5.81. The molecule has 0 saturated carbocycles. The topological polar surface area (TPSA) is 79.8 Å². The van der Waals surface area contributed by atoms with Gasteiger partial charge in [0, 0.05) is 34.9 Å². The number of fused-ring (bicyclic) bond motifs is 1. The van der Waals surface area contributed by atoms with Crippen LogP contribution in [-0.2, 0) is 12.8 Å². The molecule has 0 unspecified atom stereocenters. The number of hydrogen-bond acceptors (Lipinski definition) is 5. The highest BCUT2D eigenvalue weighted by atomic mass is 16.1. The molecular formula is C26H23N5O. The lowest BCUT2D eigenvalue weighted by Gasteiger charge is -2.15. The molecule has 0 bridgehead atoms. The second-order valence-electron chi connectivity index (χ2n) is 7.90. The molecule has 32 heavy (non-hydrogen) atoms. The highest BCUT2D eigenvalue weighted by molar-refractivity contribution is 6.05. The van der Waals surface area contributed by atoms with Crippen molar-refractivity contribution in [3.63, 3.8) is 0 Å². The Kier molecular flexibility index (Phi) is 5.34. The molecule has 6 heteroatoms.